The molecule has 1 aliphatic carbocycles. The van der Waals surface area contributed by atoms with E-state index in [0.717, 1.165) is 49.0 Å². The number of rotatable bonds is 11. The molecule has 1 saturated carbocycles. The maximum Gasteiger partial charge on any atom is 0.248 e. The maximum absolute atomic E-state index is 15.0. The number of nitrogens with one attached hydrogen (secondary N) is 3. The summed E-state index contributed by atoms with van der Waals surface area (Å²) in [7, 11) is 1.70. The molecule has 9 heteroatoms. The van der Waals surface area contributed by atoms with Gasteiger partial charge in [-0.2, -0.15) is 5.10 Å². The number of likely N-dealkylation sites (tertiary alicyclic amines) is 1. The molecule has 2 aromatic carbocycles. The quantitative estimate of drug-likeness (QED) is 0.279. The normalized spacial score (nSPS) is 18.2. The van der Waals surface area contributed by atoms with Crippen molar-refractivity contribution in [2.24, 2.45) is 0 Å². The van der Waals surface area contributed by atoms with Crippen molar-refractivity contribution in [1.82, 2.24) is 15.1 Å². The topological polar surface area (TPSA) is 99.4 Å². The number of benzene rings is 2. The predicted molar refractivity (Wildman–Crippen MR) is 154 cm³/mol. The molecule has 2 heterocycles. The third kappa shape index (κ3) is 6.84. The third-order valence-electron chi connectivity index (χ3n) is 7.67. The Labute approximate surface area is 234 Å². The van der Waals surface area contributed by atoms with E-state index in [2.05, 4.69) is 25.7 Å². The van der Waals surface area contributed by atoms with E-state index in [1.54, 1.807) is 25.3 Å². The molecule has 0 spiro atoms. The van der Waals surface area contributed by atoms with Crippen LogP contribution in [0.1, 0.15) is 55.7 Å². The number of carbonyl (C=O) groups is 2. The van der Waals surface area contributed by atoms with Gasteiger partial charge in [0, 0.05) is 43.5 Å². The van der Waals surface area contributed by atoms with Crippen LogP contribution in [0, 0.1) is 5.82 Å². The number of hydrogen-bond acceptors (Lipinski definition) is 5. The van der Waals surface area contributed by atoms with Crippen LogP contribution in [0.25, 0.3) is 11.1 Å². The van der Waals surface area contributed by atoms with Gasteiger partial charge in [-0.15, -0.1) is 0 Å². The molecule has 2 aliphatic rings. The average Bonchev–Trinajstić information content (AvgIpc) is 3.55. The zero-order valence-electron chi connectivity index (χ0n) is 23.0. The number of methoxy groups -OCH3 is 1. The van der Waals surface area contributed by atoms with E-state index < -0.39 is 11.7 Å². The molecule has 2 fully saturated rings. The first kappa shape index (κ1) is 27.7. The van der Waals surface area contributed by atoms with Crippen LogP contribution in [0.5, 0.6) is 0 Å². The molecule has 8 nitrogen and oxygen atoms in total. The molecule has 2 atom stereocenters. The fourth-order valence-corrected chi connectivity index (χ4v) is 5.16. The summed E-state index contributed by atoms with van der Waals surface area (Å²) in [6, 6.07) is 14.5. The van der Waals surface area contributed by atoms with Gasteiger partial charge in [0.25, 0.3) is 0 Å². The van der Waals surface area contributed by atoms with Gasteiger partial charge in [0.1, 0.15) is 5.82 Å². The number of H-pyrrole nitrogens is 1. The predicted octanol–water partition coefficient (Wildman–Crippen LogP) is 5.44. The molecule has 2 amide bonds. The summed E-state index contributed by atoms with van der Waals surface area (Å²) in [5, 5.41) is 12.7. The number of carbonyl (C=O) groups excluding carboxylic acids is 2. The monoisotopic (exact) mass is 545 g/mol. The van der Waals surface area contributed by atoms with Crippen molar-refractivity contribution < 1.29 is 18.7 Å². The van der Waals surface area contributed by atoms with Gasteiger partial charge in [-0.25, -0.2) is 4.39 Å². The highest BCUT2D eigenvalue weighted by molar-refractivity contribution is 5.99. The lowest BCUT2D eigenvalue weighted by Gasteiger charge is -2.21. The number of hydrogen-bond donors (Lipinski definition) is 3. The minimum atomic E-state index is -0.528. The first-order valence-electron chi connectivity index (χ1n) is 13.9. The minimum absolute atomic E-state index is 0.116. The third-order valence-corrected chi connectivity index (χ3v) is 7.67. The molecule has 1 saturated heterocycles. The SMILES string of the molecule is COC[C@@H]1CCCN1C/C=C/C(=O)Nc1ccc(-c2cccc([C@H](C)C(=O)Nc3cc(C4CC4)[nH]n3)c2)cc1F. The van der Waals surface area contributed by atoms with Crippen molar-refractivity contribution in [2.75, 3.05) is 37.4 Å². The second-order valence-corrected chi connectivity index (χ2v) is 10.7. The van der Waals surface area contributed by atoms with Gasteiger partial charge >= 0.3 is 0 Å². The van der Waals surface area contributed by atoms with Crippen molar-refractivity contribution in [1.29, 1.82) is 0 Å². The summed E-state index contributed by atoms with van der Waals surface area (Å²) < 4.78 is 20.2. The number of ether oxygens (including phenoxy) is 1. The molecule has 0 unspecified atom stereocenters. The number of halogens is 1. The van der Waals surface area contributed by atoms with E-state index in [-0.39, 0.29) is 17.5 Å². The lowest BCUT2D eigenvalue weighted by Crippen LogP contribution is -2.33. The van der Waals surface area contributed by atoms with Crippen LogP contribution in [0.2, 0.25) is 0 Å². The molecular formula is C31H36FN5O3. The van der Waals surface area contributed by atoms with Crippen LogP contribution in [0.3, 0.4) is 0 Å². The van der Waals surface area contributed by atoms with E-state index in [1.165, 1.54) is 12.1 Å². The van der Waals surface area contributed by atoms with Gasteiger partial charge in [-0.3, -0.25) is 19.6 Å². The standard InChI is InChI=1S/C31H36FN5O3/c1-20(31(39)34-29-18-28(35-36-29)21-10-11-21)22-6-3-7-23(16-22)24-12-13-27(26(32)17-24)33-30(38)9-5-15-37-14-4-8-25(37)19-40-2/h3,5-7,9,12-13,16-18,20-21,25H,4,8,10-11,14-15,19H2,1-2H3,(H,33,38)(H2,34,35,36,39)/b9-5+/t20-,25-/m0/s1. The van der Waals surface area contributed by atoms with Crippen LogP contribution in [-0.2, 0) is 14.3 Å². The van der Waals surface area contributed by atoms with Crippen LogP contribution >= 0.6 is 0 Å². The number of nitrogens with zero attached hydrogens (tertiary/aromatic N) is 2. The van der Waals surface area contributed by atoms with Gasteiger partial charge in [-0.1, -0.05) is 36.4 Å². The zero-order chi connectivity index (χ0) is 28.1. The van der Waals surface area contributed by atoms with E-state index in [1.807, 2.05) is 37.3 Å². The summed E-state index contributed by atoms with van der Waals surface area (Å²) in [6.07, 6.45) is 7.76. The second-order valence-electron chi connectivity index (χ2n) is 10.7. The number of amides is 2. The van der Waals surface area contributed by atoms with Crippen LogP contribution in [-0.4, -0.2) is 59.8 Å². The lowest BCUT2D eigenvalue weighted by molar-refractivity contribution is -0.117. The number of aromatic nitrogens is 2. The fourth-order valence-electron chi connectivity index (χ4n) is 5.16. The van der Waals surface area contributed by atoms with Crippen molar-refractivity contribution in [3.63, 3.8) is 0 Å². The van der Waals surface area contributed by atoms with Crippen LogP contribution in [0.4, 0.5) is 15.9 Å². The van der Waals surface area contributed by atoms with Gasteiger partial charge in [-0.05, 0) is 68.0 Å². The first-order valence-corrected chi connectivity index (χ1v) is 13.9. The molecule has 210 valence electrons. The molecule has 1 aliphatic heterocycles. The number of aromatic amines is 1. The highest BCUT2D eigenvalue weighted by atomic mass is 19.1. The number of anilines is 2. The second kappa shape index (κ2) is 12.6. The molecule has 5 rings (SSSR count). The Morgan fingerprint density at radius 1 is 1.15 bits per heavy atom. The summed E-state index contributed by atoms with van der Waals surface area (Å²) in [6.45, 7) is 4.14. The Kier molecular flexibility index (Phi) is 8.72. The molecular weight excluding hydrogens is 509 g/mol. The van der Waals surface area contributed by atoms with Gasteiger partial charge in [0.2, 0.25) is 11.8 Å². The summed E-state index contributed by atoms with van der Waals surface area (Å²) in [5.74, 6) is -0.449. The van der Waals surface area contributed by atoms with Crippen LogP contribution < -0.4 is 10.6 Å². The van der Waals surface area contributed by atoms with Crippen LogP contribution in [0.15, 0.2) is 60.7 Å². The molecule has 0 bridgehead atoms. The van der Waals surface area contributed by atoms with Crippen molar-refractivity contribution >= 4 is 23.3 Å². The Bertz CT molecular complexity index is 1380. The largest absolute Gasteiger partial charge is 0.383 e. The van der Waals surface area contributed by atoms with E-state index >= 15 is 0 Å². The summed E-state index contributed by atoms with van der Waals surface area (Å²) in [4.78, 5) is 27.6. The van der Waals surface area contributed by atoms with Gasteiger partial charge in [0.05, 0.1) is 18.2 Å². The summed E-state index contributed by atoms with van der Waals surface area (Å²) >= 11 is 0. The molecule has 3 aromatic rings. The molecule has 40 heavy (non-hydrogen) atoms. The van der Waals surface area contributed by atoms with Crippen molar-refractivity contribution in [3.05, 3.63) is 77.8 Å². The van der Waals surface area contributed by atoms with E-state index in [4.69, 9.17) is 4.74 Å². The Morgan fingerprint density at radius 2 is 1.98 bits per heavy atom. The Hall–Kier alpha value is -3.82. The molecule has 1 aromatic heterocycles. The molecule has 0 radical (unpaired) electrons. The Morgan fingerprint density at radius 3 is 2.75 bits per heavy atom. The van der Waals surface area contributed by atoms with Crippen molar-refractivity contribution in [2.45, 2.75) is 50.5 Å². The smallest absolute Gasteiger partial charge is 0.248 e. The molecule has 3 N–H and O–H groups in total. The Balaban J connectivity index is 1.18. The van der Waals surface area contributed by atoms with E-state index in [9.17, 15) is 14.0 Å². The highest BCUT2D eigenvalue weighted by Crippen LogP contribution is 2.39. The lowest BCUT2D eigenvalue weighted by atomic mass is 9.95. The van der Waals surface area contributed by atoms with E-state index in [0.29, 0.717) is 36.5 Å². The van der Waals surface area contributed by atoms with Crippen molar-refractivity contribution in [3.8, 4) is 11.1 Å². The maximum atomic E-state index is 15.0. The van der Waals surface area contributed by atoms with Gasteiger partial charge in [0.15, 0.2) is 5.82 Å². The summed E-state index contributed by atoms with van der Waals surface area (Å²) in [5.41, 5.74) is 3.41. The minimum Gasteiger partial charge on any atom is -0.383 e. The zero-order valence-corrected chi connectivity index (χ0v) is 23.0. The van der Waals surface area contributed by atoms with Gasteiger partial charge < -0.3 is 15.4 Å². The highest BCUT2D eigenvalue weighted by Gasteiger charge is 2.26. The average molecular weight is 546 g/mol. The fraction of sp³-hybridized carbons (Fsp3) is 0.387. The first-order chi connectivity index (χ1) is 19.4.